The summed E-state index contributed by atoms with van der Waals surface area (Å²) in [4.78, 5) is 0. The molecule has 0 radical (unpaired) electrons. The van der Waals surface area contributed by atoms with Crippen LogP contribution < -0.4 is 4.74 Å². The van der Waals surface area contributed by atoms with Crippen LogP contribution in [0.5, 0.6) is 5.75 Å². The number of benzene rings is 3. The van der Waals surface area contributed by atoms with Crippen molar-refractivity contribution in [2.75, 3.05) is 0 Å². The van der Waals surface area contributed by atoms with Crippen LogP contribution in [-0.4, -0.2) is 0 Å². The van der Waals surface area contributed by atoms with E-state index in [0.717, 1.165) is 36.1 Å². The Morgan fingerprint density at radius 2 is 1.72 bits per heavy atom. The molecule has 3 rings (SSSR count). The third-order valence-corrected chi connectivity index (χ3v) is 5.28. The van der Waals surface area contributed by atoms with Crippen LogP contribution >= 0.6 is 0 Å². The van der Waals surface area contributed by atoms with Gasteiger partial charge in [-0.2, -0.15) is 0 Å². The number of halogens is 1. The Bertz CT molecular complexity index is 952. The quantitative estimate of drug-likeness (QED) is 0.309. The van der Waals surface area contributed by atoms with Crippen molar-refractivity contribution in [1.82, 2.24) is 0 Å². The molecule has 0 aliphatic rings. The second-order valence-corrected chi connectivity index (χ2v) is 8.15. The van der Waals surface area contributed by atoms with Crippen molar-refractivity contribution < 1.29 is 9.13 Å². The van der Waals surface area contributed by atoms with Gasteiger partial charge in [0.25, 0.3) is 0 Å². The molecule has 0 saturated heterocycles. The molecule has 0 heterocycles. The molecule has 0 aromatic heterocycles. The van der Waals surface area contributed by atoms with E-state index >= 15 is 0 Å². The first-order chi connectivity index (χ1) is 15.4. The van der Waals surface area contributed by atoms with E-state index in [9.17, 15) is 4.39 Å². The Morgan fingerprint density at radius 3 is 2.31 bits per heavy atom. The van der Waals surface area contributed by atoms with Gasteiger partial charge < -0.3 is 4.74 Å². The van der Waals surface area contributed by atoms with Gasteiger partial charge in [-0.05, 0) is 66.6 Å². The first-order valence-corrected chi connectivity index (χ1v) is 11.2. The molecule has 168 valence electrons. The van der Waals surface area contributed by atoms with Crippen LogP contribution in [0.1, 0.15) is 54.9 Å². The summed E-state index contributed by atoms with van der Waals surface area (Å²) >= 11 is 0. The number of rotatable bonds is 9. The zero-order chi connectivity index (χ0) is 23.3. The zero-order valence-electron chi connectivity index (χ0n) is 19.6. The van der Waals surface area contributed by atoms with Gasteiger partial charge in [-0.3, -0.25) is 0 Å². The van der Waals surface area contributed by atoms with Gasteiger partial charge in [0.1, 0.15) is 18.2 Å². The fourth-order valence-corrected chi connectivity index (χ4v) is 3.50. The lowest BCUT2D eigenvalue weighted by molar-refractivity contribution is 0.305. The smallest absolute Gasteiger partial charge is 0.123 e. The maximum atomic E-state index is 12.1. The van der Waals surface area contributed by atoms with Crippen LogP contribution in [-0.2, 0) is 13.0 Å². The highest BCUT2D eigenvalue weighted by Crippen LogP contribution is 2.30. The van der Waals surface area contributed by atoms with E-state index in [4.69, 9.17) is 4.74 Å². The Kier molecular flexibility index (Phi) is 10.5. The molecule has 0 aliphatic carbocycles. The van der Waals surface area contributed by atoms with Crippen molar-refractivity contribution >= 4 is 0 Å². The number of hydrogen-bond donors (Lipinski definition) is 0. The summed E-state index contributed by atoms with van der Waals surface area (Å²) in [5, 5.41) is 0. The maximum Gasteiger partial charge on any atom is 0.123 e. The Morgan fingerprint density at radius 1 is 1.03 bits per heavy atom. The van der Waals surface area contributed by atoms with Crippen molar-refractivity contribution in [3.8, 4) is 5.75 Å². The molecular formula is C30H35FO. The highest BCUT2D eigenvalue weighted by Gasteiger charge is 2.12. The lowest BCUT2D eigenvalue weighted by atomic mass is 9.89. The summed E-state index contributed by atoms with van der Waals surface area (Å²) in [6, 6.07) is 23.2. The third-order valence-electron chi connectivity index (χ3n) is 5.28. The van der Waals surface area contributed by atoms with Gasteiger partial charge in [-0.25, -0.2) is 4.39 Å². The summed E-state index contributed by atoms with van der Waals surface area (Å²) in [7, 11) is 0. The second kappa shape index (κ2) is 13.3. The van der Waals surface area contributed by atoms with E-state index in [1.165, 1.54) is 28.8 Å². The minimum Gasteiger partial charge on any atom is -0.489 e. The molecule has 0 N–H and O–H groups in total. The fraction of sp³-hybridized carbons (Fsp3) is 0.267. The molecule has 0 amide bonds. The molecule has 1 atom stereocenters. The van der Waals surface area contributed by atoms with E-state index in [2.05, 4.69) is 57.3 Å². The van der Waals surface area contributed by atoms with Crippen LogP contribution in [0.15, 0.2) is 97.6 Å². The molecule has 3 aromatic rings. The van der Waals surface area contributed by atoms with E-state index in [0.29, 0.717) is 12.5 Å². The summed E-state index contributed by atoms with van der Waals surface area (Å²) in [5.74, 6) is 1.22. The average Bonchev–Trinajstić information content (AvgIpc) is 2.81. The molecule has 2 heteroatoms. The lowest BCUT2D eigenvalue weighted by Gasteiger charge is -2.18. The molecule has 3 aromatic carbocycles. The summed E-state index contributed by atoms with van der Waals surface area (Å²) < 4.78 is 18.1. The van der Waals surface area contributed by atoms with Crippen LogP contribution in [0.25, 0.3) is 0 Å². The Labute approximate surface area is 193 Å². The molecule has 32 heavy (non-hydrogen) atoms. The normalized spacial score (nSPS) is 11.1. The van der Waals surface area contributed by atoms with E-state index in [1.807, 2.05) is 31.2 Å². The van der Waals surface area contributed by atoms with Gasteiger partial charge in [0.15, 0.2) is 0 Å². The monoisotopic (exact) mass is 430 g/mol. The van der Waals surface area contributed by atoms with Crippen LogP contribution in [0.2, 0.25) is 0 Å². The number of aryl methyl sites for hydroxylation is 2. The fourth-order valence-electron chi connectivity index (χ4n) is 3.50. The molecule has 1 unspecified atom stereocenters. The van der Waals surface area contributed by atoms with Gasteiger partial charge in [0.05, 0.1) is 0 Å². The highest BCUT2D eigenvalue weighted by molar-refractivity contribution is 5.39. The minimum atomic E-state index is -0.171. The van der Waals surface area contributed by atoms with Crippen LogP contribution in [0.3, 0.4) is 0 Å². The lowest BCUT2D eigenvalue weighted by Crippen LogP contribution is -2.02. The van der Waals surface area contributed by atoms with Gasteiger partial charge >= 0.3 is 0 Å². The first-order valence-electron chi connectivity index (χ1n) is 11.2. The molecule has 0 bridgehead atoms. The second-order valence-electron chi connectivity index (χ2n) is 8.15. The first kappa shape index (κ1) is 25.1. The average molecular weight is 431 g/mol. The van der Waals surface area contributed by atoms with Crippen LogP contribution in [0.4, 0.5) is 4.39 Å². The largest absolute Gasteiger partial charge is 0.489 e. The topological polar surface area (TPSA) is 9.23 Å². The number of hydrogen-bond acceptors (Lipinski definition) is 1. The summed E-state index contributed by atoms with van der Waals surface area (Å²) in [5.41, 5.74) is 6.15. The molecule has 1 nitrogen and oxygen atoms in total. The summed E-state index contributed by atoms with van der Waals surface area (Å²) in [6.45, 7) is 14.9. The Balaban J connectivity index is 0.000000380. The van der Waals surface area contributed by atoms with E-state index in [1.54, 1.807) is 12.1 Å². The standard InChI is InChI=1S/C23H28O.C7H7F/c1-5-10-21-16-22(24-17-20-11-8-7-9-12-20)13-14-23(21)19(4)15-18(3)6-2;1-6-2-4-7(8)5-3-6/h6-9,11-14,16,19H,2-3,5,10,15,17H2,1,4H3;2-5H,1H3. The maximum absolute atomic E-state index is 12.1. The predicted octanol–water partition coefficient (Wildman–Crippen LogP) is 8.59. The molecule has 0 aliphatic heterocycles. The van der Waals surface area contributed by atoms with Crippen molar-refractivity contribution in [3.63, 3.8) is 0 Å². The summed E-state index contributed by atoms with van der Waals surface area (Å²) in [6.07, 6.45) is 5.00. The molecule has 0 spiro atoms. The van der Waals surface area contributed by atoms with Gasteiger partial charge in [-0.15, -0.1) is 0 Å². The zero-order valence-corrected chi connectivity index (χ0v) is 19.6. The third kappa shape index (κ3) is 8.55. The predicted molar refractivity (Wildman–Crippen MR) is 135 cm³/mol. The minimum absolute atomic E-state index is 0.171. The van der Waals surface area contributed by atoms with E-state index < -0.39 is 0 Å². The van der Waals surface area contributed by atoms with Crippen molar-refractivity contribution in [2.24, 2.45) is 0 Å². The highest BCUT2D eigenvalue weighted by atomic mass is 19.1. The number of ether oxygens (including phenoxy) is 1. The number of allylic oxidation sites excluding steroid dienone is 2. The van der Waals surface area contributed by atoms with Crippen molar-refractivity contribution in [2.45, 2.75) is 52.6 Å². The van der Waals surface area contributed by atoms with Gasteiger partial charge in [0, 0.05) is 0 Å². The molecular weight excluding hydrogens is 395 g/mol. The molecule has 0 saturated carbocycles. The molecule has 0 fully saturated rings. The Hall–Kier alpha value is -3.13. The SMILES string of the molecule is C=CC(=C)CC(C)c1ccc(OCc2ccccc2)cc1CCC.Cc1ccc(F)cc1. The van der Waals surface area contributed by atoms with Crippen molar-refractivity contribution in [1.29, 1.82) is 0 Å². The van der Waals surface area contributed by atoms with Gasteiger partial charge in [0.2, 0.25) is 0 Å². The van der Waals surface area contributed by atoms with Crippen LogP contribution in [0, 0.1) is 12.7 Å². The van der Waals surface area contributed by atoms with Crippen molar-refractivity contribution in [3.05, 3.63) is 126 Å². The van der Waals surface area contributed by atoms with Gasteiger partial charge in [-0.1, -0.05) is 99.2 Å². The van der Waals surface area contributed by atoms with E-state index in [-0.39, 0.29) is 5.82 Å².